The minimum atomic E-state index is -0.375. The Balaban J connectivity index is 1.74. The van der Waals surface area contributed by atoms with Gasteiger partial charge in [0.05, 0.1) is 17.1 Å². The Bertz CT molecular complexity index is 739. The zero-order valence-corrected chi connectivity index (χ0v) is 19.2. The molecule has 31 heavy (non-hydrogen) atoms. The van der Waals surface area contributed by atoms with Gasteiger partial charge in [0.1, 0.15) is 11.6 Å². The summed E-state index contributed by atoms with van der Waals surface area (Å²) in [5.74, 6) is 1.40. The number of carbonyl (C=O) groups is 2. The van der Waals surface area contributed by atoms with Gasteiger partial charge in [0, 0.05) is 56.8 Å². The number of aliphatic hydroxyl groups is 1. The van der Waals surface area contributed by atoms with Crippen molar-refractivity contribution in [2.45, 2.75) is 68.7 Å². The van der Waals surface area contributed by atoms with Crippen molar-refractivity contribution in [2.75, 3.05) is 20.2 Å². The summed E-state index contributed by atoms with van der Waals surface area (Å²) in [5, 5.41) is 15.9. The predicted molar refractivity (Wildman–Crippen MR) is 123 cm³/mol. The number of carbonyl (C=O) groups excluding carboxylic acids is 2. The minimum absolute atomic E-state index is 0.0471. The third kappa shape index (κ3) is 6.80. The van der Waals surface area contributed by atoms with E-state index in [1.165, 1.54) is 0 Å². The summed E-state index contributed by atoms with van der Waals surface area (Å²) >= 11 is 1.84. The molecule has 0 saturated carbocycles. The molecule has 1 saturated heterocycles. The fraction of sp³-hybridized carbons (Fsp3) is 0.727. The molecule has 3 N–H and O–H groups in total. The molecule has 1 fully saturated rings. The summed E-state index contributed by atoms with van der Waals surface area (Å²) in [6.07, 6.45) is 7.95. The van der Waals surface area contributed by atoms with Crippen molar-refractivity contribution >= 4 is 35.5 Å². The first-order chi connectivity index (χ1) is 15.0. The number of hydrogen-bond acceptors (Lipinski definition) is 7. The van der Waals surface area contributed by atoms with Crippen LogP contribution in [0, 0.1) is 11.8 Å². The van der Waals surface area contributed by atoms with Crippen molar-refractivity contribution in [2.24, 2.45) is 21.8 Å². The maximum absolute atomic E-state index is 12.8. The number of thioether (sulfide) groups is 1. The molecule has 0 aromatic carbocycles. The van der Waals surface area contributed by atoms with Gasteiger partial charge in [0.2, 0.25) is 5.91 Å². The Morgan fingerprint density at radius 2 is 2.26 bits per heavy atom. The number of aliphatic imine (C=N–C) groups is 2. The van der Waals surface area contributed by atoms with E-state index in [9.17, 15) is 9.59 Å². The lowest BCUT2D eigenvalue weighted by molar-refractivity contribution is -0.123. The molecule has 2 aliphatic heterocycles. The average molecular weight is 451 g/mol. The van der Waals surface area contributed by atoms with Gasteiger partial charge < -0.3 is 20.5 Å². The van der Waals surface area contributed by atoms with E-state index in [-0.39, 0.29) is 41.7 Å². The number of allylic oxidation sites excluding steroid dienone is 2. The van der Waals surface area contributed by atoms with Crippen molar-refractivity contribution in [3.63, 3.8) is 0 Å². The topological polar surface area (TPSA) is 112 Å². The molecule has 8 nitrogen and oxygen atoms in total. The van der Waals surface area contributed by atoms with Crippen molar-refractivity contribution in [3.05, 3.63) is 11.8 Å². The molecule has 5 atom stereocenters. The lowest BCUT2D eigenvalue weighted by Gasteiger charge is -2.30. The van der Waals surface area contributed by atoms with Crippen LogP contribution >= 0.6 is 11.8 Å². The zero-order valence-electron chi connectivity index (χ0n) is 18.4. The average Bonchev–Trinajstić information content (AvgIpc) is 3.09. The molecular formula is C22H34N4O4S. The Morgan fingerprint density at radius 1 is 1.42 bits per heavy atom. The highest BCUT2D eigenvalue weighted by Crippen LogP contribution is 2.35. The first-order valence-corrected chi connectivity index (χ1v) is 12.1. The number of hydrogen-bond donors (Lipinski definition) is 3. The van der Waals surface area contributed by atoms with Crippen molar-refractivity contribution < 1.29 is 19.4 Å². The first-order valence-electron chi connectivity index (χ1n) is 11.2. The summed E-state index contributed by atoms with van der Waals surface area (Å²) in [4.78, 5) is 33.4. The van der Waals surface area contributed by atoms with Crippen LogP contribution in [0.15, 0.2) is 21.8 Å². The van der Waals surface area contributed by atoms with Gasteiger partial charge in [-0.3, -0.25) is 19.6 Å². The molecule has 1 amide bonds. The summed E-state index contributed by atoms with van der Waals surface area (Å²) in [7, 11) is 1.69. The van der Waals surface area contributed by atoms with Gasteiger partial charge >= 0.3 is 0 Å². The molecular weight excluding hydrogens is 416 g/mol. The van der Waals surface area contributed by atoms with Gasteiger partial charge in [0.15, 0.2) is 6.23 Å². The fourth-order valence-corrected chi connectivity index (χ4v) is 5.30. The normalized spacial score (nSPS) is 32.4. The number of nitrogens with one attached hydrogen (secondary N) is 2. The Hall–Kier alpha value is -1.87. The predicted octanol–water partition coefficient (Wildman–Crippen LogP) is 2.03. The quantitative estimate of drug-likeness (QED) is 0.488. The van der Waals surface area contributed by atoms with E-state index in [4.69, 9.17) is 9.84 Å². The van der Waals surface area contributed by atoms with Crippen LogP contribution in [-0.4, -0.2) is 65.9 Å². The number of amidine groups is 1. The second kappa shape index (κ2) is 11.7. The molecule has 2 heterocycles. The SMILES string of the molecule is CN=C1NC(OC2=CCC(=O)CC2)C(CC2N=CC(C)S2)CCC1C(=O)NCCCO. The van der Waals surface area contributed by atoms with Gasteiger partial charge in [-0.15, -0.1) is 11.8 Å². The van der Waals surface area contributed by atoms with E-state index in [1.807, 2.05) is 24.1 Å². The smallest absolute Gasteiger partial charge is 0.230 e. The largest absolute Gasteiger partial charge is 0.475 e. The highest BCUT2D eigenvalue weighted by Gasteiger charge is 2.37. The van der Waals surface area contributed by atoms with Crippen molar-refractivity contribution in [1.82, 2.24) is 10.6 Å². The summed E-state index contributed by atoms with van der Waals surface area (Å²) in [5.41, 5.74) is 0. The molecule has 0 spiro atoms. The maximum atomic E-state index is 12.8. The summed E-state index contributed by atoms with van der Waals surface area (Å²) < 4.78 is 6.36. The van der Waals surface area contributed by atoms with Gasteiger partial charge in [-0.05, 0) is 38.7 Å². The molecule has 0 radical (unpaired) electrons. The van der Waals surface area contributed by atoms with E-state index in [2.05, 4.69) is 27.5 Å². The minimum Gasteiger partial charge on any atom is -0.475 e. The lowest BCUT2D eigenvalue weighted by atomic mass is 9.93. The van der Waals surface area contributed by atoms with Gasteiger partial charge in [0.25, 0.3) is 0 Å². The standard InChI is InChI=1S/C22H34N4O4S/c1-14-13-25-19(31-14)12-15-4-9-18(21(29)24-10-3-11-27)20(23-2)26-22(15)30-17-7-5-16(28)6-8-17/h7,13-15,18-19,22,27H,3-6,8-12H2,1-2H3,(H,23,26)(H,24,29). The third-order valence-corrected chi connectivity index (χ3v) is 7.07. The second-order valence-corrected chi connectivity index (χ2v) is 9.85. The monoisotopic (exact) mass is 450 g/mol. The zero-order chi connectivity index (χ0) is 22.2. The first kappa shape index (κ1) is 23.8. The molecule has 172 valence electrons. The number of rotatable bonds is 8. The van der Waals surface area contributed by atoms with E-state index < -0.39 is 0 Å². The van der Waals surface area contributed by atoms with Gasteiger partial charge in [-0.2, -0.15) is 0 Å². The van der Waals surface area contributed by atoms with Gasteiger partial charge in [-0.1, -0.05) is 0 Å². The molecule has 5 unspecified atom stereocenters. The highest BCUT2D eigenvalue weighted by atomic mass is 32.2. The molecule has 9 heteroatoms. The van der Waals surface area contributed by atoms with E-state index in [1.54, 1.807) is 7.05 Å². The lowest BCUT2D eigenvalue weighted by Crippen LogP contribution is -2.46. The Morgan fingerprint density at radius 3 is 2.90 bits per heavy atom. The van der Waals surface area contributed by atoms with Crippen LogP contribution in [-0.2, 0) is 14.3 Å². The number of nitrogens with zero attached hydrogens (tertiary/aromatic N) is 2. The number of Topliss-reactive ketones (excluding diaryl/α,β-unsaturated/α-hetero) is 1. The molecule has 1 aliphatic carbocycles. The molecule has 0 aromatic rings. The Kier molecular flexibility index (Phi) is 8.95. The molecule has 0 bridgehead atoms. The van der Waals surface area contributed by atoms with Crippen LogP contribution in [0.2, 0.25) is 0 Å². The fourth-order valence-electron chi connectivity index (χ4n) is 4.16. The molecule has 0 aromatic heterocycles. The van der Waals surface area contributed by atoms with Crippen molar-refractivity contribution in [3.8, 4) is 0 Å². The number of ether oxygens (including phenoxy) is 1. The van der Waals surface area contributed by atoms with Crippen LogP contribution < -0.4 is 10.6 Å². The number of amides is 1. The van der Waals surface area contributed by atoms with Crippen LogP contribution in [0.25, 0.3) is 0 Å². The van der Waals surface area contributed by atoms with Gasteiger partial charge in [-0.25, -0.2) is 0 Å². The van der Waals surface area contributed by atoms with Crippen LogP contribution in [0.3, 0.4) is 0 Å². The van der Waals surface area contributed by atoms with Crippen LogP contribution in [0.5, 0.6) is 0 Å². The van der Waals surface area contributed by atoms with E-state index >= 15 is 0 Å². The van der Waals surface area contributed by atoms with Crippen LogP contribution in [0.4, 0.5) is 0 Å². The van der Waals surface area contributed by atoms with E-state index in [0.717, 1.165) is 18.6 Å². The van der Waals surface area contributed by atoms with Crippen molar-refractivity contribution in [1.29, 1.82) is 0 Å². The Labute approximate surface area is 188 Å². The summed E-state index contributed by atoms with van der Waals surface area (Å²) in [6, 6.07) is 0. The third-order valence-electron chi connectivity index (χ3n) is 5.89. The molecule has 3 aliphatic rings. The molecule has 3 rings (SSSR count). The van der Waals surface area contributed by atoms with E-state index in [0.29, 0.717) is 49.7 Å². The second-order valence-electron chi connectivity index (χ2n) is 8.29. The maximum Gasteiger partial charge on any atom is 0.230 e. The number of ketones is 1. The van der Waals surface area contributed by atoms with Crippen LogP contribution in [0.1, 0.15) is 51.9 Å². The highest BCUT2D eigenvalue weighted by molar-refractivity contribution is 8.01. The summed E-state index contributed by atoms with van der Waals surface area (Å²) in [6.45, 7) is 2.63. The number of aliphatic hydroxyl groups excluding tert-OH is 1.